The molecule has 3 heterocycles. The van der Waals surface area contributed by atoms with Crippen LogP contribution in [-0.2, 0) is 4.74 Å². The Bertz CT molecular complexity index is 864. The fourth-order valence-corrected chi connectivity index (χ4v) is 4.33. The van der Waals surface area contributed by atoms with Crippen molar-refractivity contribution in [3.05, 3.63) is 36.0 Å². The van der Waals surface area contributed by atoms with E-state index < -0.39 is 0 Å². The van der Waals surface area contributed by atoms with Gasteiger partial charge in [-0.25, -0.2) is 4.98 Å². The molecule has 2 aromatic rings. The van der Waals surface area contributed by atoms with Gasteiger partial charge in [0.15, 0.2) is 0 Å². The molecule has 1 aromatic carbocycles. The number of likely N-dealkylation sites (tertiary alicyclic amines) is 1. The highest BCUT2D eigenvalue weighted by molar-refractivity contribution is 5.95. The highest BCUT2D eigenvalue weighted by Crippen LogP contribution is 2.24. The maximum Gasteiger partial charge on any atom is 0.269 e. The van der Waals surface area contributed by atoms with Crippen molar-refractivity contribution in [3.63, 3.8) is 0 Å². The van der Waals surface area contributed by atoms with E-state index in [-0.39, 0.29) is 12.0 Å². The van der Waals surface area contributed by atoms with E-state index in [0.717, 1.165) is 68.6 Å². The van der Waals surface area contributed by atoms with E-state index in [4.69, 9.17) is 9.47 Å². The molecule has 6 heteroatoms. The molecule has 2 saturated heterocycles. The van der Waals surface area contributed by atoms with Crippen LogP contribution in [0.1, 0.15) is 50.0 Å². The van der Waals surface area contributed by atoms with Crippen molar-refractivity contribution >= 4 is 16.8 Å². The minimum atomic E-state index is -0.107. The van der Waals surface area contributed by atoms with Gasteiger partial charge in [0.05, 0.1) is 5.52 Å². The lowest BCUT2D eigenvalue weighted by atomic mass is 9.97. The van der Waals surface area contributed by atoms with Gasteiger partial charge >= 0.3 is 0 Å². The monoisotopic (exact) mass is 411 g/mol. The zero-order valence-electron chi connectivity index (χ0n) is 18.1. The molecule has 0 radical (unpaired) electrons. The fraction of sp³-hybridized carbons (Fsp3) is 0.583. The Labute approximate surface area is 178 Å². The van der Waals surface area contributed by atoms with Gasteiger partial charge in [0.25, 0.3) is 5.91 Å². The van der Waals surface area contributed by atoms with E-state index in [2.05, 4.69) is 29.0 Å². The van der Waals surface area contributed by atoms with Crippen LogP contribution in [0.25, 0.3) is 10.9 Å². The summed E-state index contributed by atoms with van der Waals surface area (Å²) in [6.45, 7) is 8.88. The summed E-state index contributed by atoms with van der Waals surface area (Å²) in [5.41, 5.74) is 1.28. The first-order valence-corrected chi connectivity index (χ1v) is 11.3. The molecule has 1 unspecified atom stereocenters. The van der Waals surface area contributed by atoms with Gasteiger partial charge < -0.3 is 14.8 Å². The minimum Gasteiger partial charge on any atom is -0.489 e. The first kappa shape index (κ1) is 21.1. The highest BCUT2D eigenvalue weighted by atomic mass is 16.5. The van der Waals surface area contributed by atoms with E-state index in [1.807, 2.05) is 24.3 Å². The average Bonchev–Trinajstić information content (AvgIpc) is 3.23. The summed E-state index contributed by atoms with van der Waals surface area (Å²) >= 11 is 0. The number of nitrogens with one attached hydrogen (secondary N) is 1. The largest absolute Gasteiger partial charge is 0.489 e. The van der Waals surface area contributed by atoms with Gasteiger partial charge in [-0.15, -0.1) is 0 Å². The lowest BCUT2D eigenvalue weighted by Gasteiger charge is -2.21. The number of hydrogen-bond acceptors (Lipinski definition) is 5. The molecule has 2 aliphatic heterocycles. The molecule has 1 atom stereocenters. The van der Waals surface area contributed by atoms with Crippen LogP contribution in [0.2, 0.25) is 0 Å². The van der Waals surface area contributed by atoms with Crippen LogP contribution in [-0.4, -0.2) is 60.8 Å². The van der Waals surface area contributed by atoms with E-state index in [0.29, 0.717) is 24.2 Å². The Morgan fingerprint density at radius 1 is 1.23 bits per heavy atom. The standard InChI is InChI=1S/C24H33N3O3/c1-17(2)27-12-8-21(16-27)30-20-4-6-22-19(15-20)3-5-23(26-22)24(28)25-11-7-18-9-13-29-14-10-18/h3-6,15,17-18,21H,7-14,16H2,1-2H3,(H,25,28). The third kappa shape index (κ3) is 5.29. The predicted octanol–water partition coefficient (Wildman–Crippen LogP) is 3.64. The minimum absolute atomic E-state index is 0.107. The van der Waals surface area contributed by atoms with Crippen LogP contribution in [0.15, 0.2) is 30.3 Å². The van der Waals surface area contributed by atoms with Gasteiger partial charge in [-0.3, -0.25) is 9.69 Å². The lowest BCUT2D eigenvalue weighted by molar-refractivity contribution is 0.0636. The Hall–Kier alpha value is -2.18. The predicted molar refractivity (Wildman–Crippen MR) is 118 cm³/mol. The number of fused-ring (bicyclic) bond motifs is 1. The molecule has 0 spiro atoms. The van der Waals surface area contributed by atoms with Crippen molar-refractivity contribution in [2.75, 3.05) is 32.8 Å². The van der Waals surface area contributed by atoms with Crippen molar-refractivity contribution in [1.29, 1.82) is 0 Å². The molecule has 0 aliphatic carbocycles. The van der Waals surface area contributed by atoms with Crippen LogP contribution >= 0.6 is 0 Å². The molecule has 2 aliphatic rings. The van der Waals surface area contributed by atoms with Crippen molar-refractivity contribution in [2.45, 2.75) is 51.7 Å². The van der Waals surface area contributed by atoms with Gasteiger partial charge in [-0.05, 0) is 69.7 Å². The van der Waals surface area contributed by atoms with Crippen LogP contribution in [0.5, 0.6) is 5.75 Å². The molecule has 1 N–H and O–H groups in total. The Balaban J connectivity index is 1.32. The molecule has 0 bridgehead atoms. The van der Waals surface area contributed by atoms with Crippen LogP contribution < -0.4 is 10.1 Å². The van der Waals surface area contributed by atoms with Gasteiger partial charge in [-0.1, -0.05) is 6.07 Å². The number of ether oxygens (including phenoxy) is 2. The molecule has 1 aromatic heterocycles. The molecule has 1 amide bonds. The second kappa shape index (κ2) is 9.75. The lowest BCUT2D eigenvalue weighted by Crippen LogP contribution is -2.30. The topological polar surface area (TPSA) is 63.7 Å². The second-order valence-electron chi connectivity index (χ2n) is 8.77. The molecule has 162 valence electrons. The molecule has 6 nitrogen and oxygen atoms in total. The molecule has 2 fully saturated rings. The van der Waals surface area contributed by atoms with Crippen molar-refractivity contribution in [2.24, 2.45) is 5.92 Å². The van der Waals surface area contributed by atoms with E-state index in [1.54, 1.807) is 6.07 Å². The second-order valence-corrected chi connectivity index (χ2v) is 8.77. The first-order chi connectivity index (χ1) is 14.6. The number of nitrogens with zero attached hydrogens (tertiary/aromatic N) is 2. The number of benzene rings is 1. The maximum absolute atomic E-state index is 12.5. The summed E-state index contributed by atoms with van der Waals surface area (Å²) in [7, 11) is 0. The Morgan fingerprint density at radius 3 is 2.83 bits per heavy atom. The number of carbonyl (C=O) groups excluding carboxylic acids is 1. The molecular formula is C24H33N3O3. The Kier molecular flexibility index (Phi) is 6.85. The smallest absolute Gasteiger partial charge is 0.269 e. The van der Waals surface area contributed by atoms with Gasteiger partial charge in [0, 0.05) is 44.3 Å². The summed E-state index contributed by atoms with van der Waals surface area (Å²) in [6, 6.07) is 10.2. The van der Waals surface area contributed by atoms with Crippen molar-refractivity contribution < 1.29 is 14.3 Å². The Morgan fingerprint density at radius 2 is 2.07 bits per heavy atom. The zero-order valence-corrected chi connectivity index (χ0v) is 18.1. The fourth-order valence-electron chi connectivity index (χ4n) is 4.33. The molecule has 0 saturated carbocycles. The number of aromatic nitrogens is 1. The molecule has 30 heavy (non-hydrogen) atoms. The van der Waals surface area contributed by atoms with Gasteiger partial charge in [0.2, 0.25) is 0 Å². The zero-order chi connectivity index (χ0) is 20.9. The van der Waals surface area contributed by atoms with E-state index in [1.165, 1.54) is 0 Å². The van der Waals surface area contributed by atoms with Gasteiger partial charge in [0.1, 0.15) is 17.5 Å². The summed E-state index contributed by atoms with van der Waals surface area (Å²) in [4.78, 5) is 19.5. The number of rotatable bonds is 7. The summed E-state index contributed by atoms with van der Waals surface area (Å²) < 4.78 is 11.6. The average molecular weight is 412 g/mol. The molecular weight excluding hydrogens is 378 g/mol. The summed E-state index contributed by atoms with van der Waals surface area (Å²) in [5.74, 6) is 1.41. The van der Waals surface area contributed by atoms with E-state index in [9.17, 15) is 4.79 Å². The van der Waals surface area contributed by atoms with Crippen LogP contribution in [0.3, 0.4) is 0 Å². The first-order valence-electron chi connectivity index (χ1n) is 11.3. The maximum atomic E-state index is 12.5. The normalized spacial score (nSPS) is 20.7. The number of carbonyl (C=O) groups is 1. The third-order valence-corrected chi connectivity index (χ3v) is 6.28. The van der Waals surface area contributed by atoms with Gasteiger partial charge in [-0.2, -0.15) is 0 Å². The van der Waals surface area contributed by atoms with Crippen molar-refractivity contribution in [1.82, 2.24) is 15.2 Å². The van der Waals surface area contributed by atoms with Crippen molar-refractivity contribution in [3.8, 4) is 5.75 Å². The number of amides is 1. The van der Waals surface area contributed by atoms with Crippen LogP contribution in [0, 0.1) is 5.92 Å². The third-order valence-electron chi connectivity index (χ3n) is 6.28. The van der Waals surface area contributed by atoms with E-state index >= 15 is 0 Å². The summed E-state index contributed by atoms with van der Waals surface area (Å²) in [5, 5.41) is 4.00. The SMILES string of the molecule is CC(C)N1CCC(Oc2ccc3nc(C(=O)NCCC4CCOCC4)ccc3c2)C1. The highest BCUT2D eigenvalue weighted by Gasteiger charge is 2.25. The number of hydrogen-bond donors (Lipinski definition) is 1. The van der Waals surface area contributed by atoms with Crippen LogP contribution in [0.4, 0.5) is 0 Å². The molecule has 4 rings (SSSR count). The summed E-state index contributed by atoms with van der Waals surface area (Å²) in [6.07, 6.45) is 4.47. The number of pyridine rings is 1. The quantitative estimate of drug-likeness (QED) is 0.754.